The summed E-state index contributed by atoms with van der Waals surface area (Å²) in [4.78, 5) is 36.2. The predicted molar refractivity (Wildman–Crippen MR) is 95.5 cm³/mol. The van der Waals surface area contributed by atoms with E-state index < -0.39 is 17.9 Å². The zero-order valence-corrected chi connectivity index (χ0v) is 13.8. The standard InChI is InChI=1S/C18H18N4O4/c19-17(25)15(9-11-5-7-12(23)8-6-11)20-16(24)10-22-18(26)13-3-1-2-4-14(13)21-22/h1-8,15,21,23H,9-10H2,(H2,19,25)(H,20,24)/t15-/m0/s1. The van der Waals surface area contributed by atoms with Crippen LogP contribution in [0.1, 0.15) is 5.56 Å². The number of carbonyl (C=O) groups is 2. The Kier molecular flexibility index (Phi) is 4.74. The Hall–Kier alpha value is -3.55. The second-order valence-corrected chi connectivity index (χ2v) is 5.94. The van der Waals surface area contributed by atoms with Crippen molar-refractivity contribution in [2.45, 2.75) is 19.0 Å². The van der Waals surface area contributed by atoms with E-state index in [0.717, 1.165) is 5.56 Å². The molecular formula is C18H18N4O4. The van der Waals surface area contributed by atoms with Gasteiger partial charge in [0.25, 0.3) is 5.56 Å². The minimum absolute atomic E-state index is 0.103. The number of aromatic amines is 1. The zero-order chi connectivity index (χ0) is 18.7. The van der Waals surface area contributed by atoms with Gasteiger partial charge < -0.3 is 16.2 Å². The molecule has 0 spiro atoms. The van der Waals surface area contributed by atoms with E-state index in [4.69, 9.17) is 5.73 Å². The molecule has 1 heterocycles. The van der Waals surface area contributed by atoms with Crippen LogP contribution in [0, 0.1) is 0 Å². The quantitative estimate of drug-likeness (QED) is 0.505. The molecule has 0 radical (unpaired) electrons. The minimum atomic E-state index is -0.924. The first-order valence-corrected chi connectivity index (χ1v) is 7.98. The molecule has 8 nitrogen and oxygen atoms in total. The lowest BCUT2D eigenvalue weighted by atomic mass is 10.1. The van der Waals surface area contributed by atoms with Crippen molar-refractivity contribution < 1.29 is 14.7 Å². The molecule has 8 heteroatoms. The smallest absolute Gasteiger partial charge is 0.274 e. The SMILES string of the molecule is NC(=O)[C@H](Cc1ccc(O)cc1)NC(=O)Cn1[nH]c2ccccc2c1=O. The number of nitrogens with one attached hydrogen (secondary N) is 2. The van der Waals surface area contributed by atoms with E-state index in [1.165, 1.54) is 16.8 Å². The summed E-state index contributed by atoms with van der Waals surface area (Å²) >= 11 is 0. The number of fused-ring (bicyclic) bond motifs is 1. The molecule has 1 atom stereocenters. The van der Waals surface area contributed by atoms with Gasteiger partial charge in [0.15, 0.2) is 0 Å². The van der Waals surface area contributed by atoms with Gasteiger partial charge >= 0.3 is 0 Å². The molecule has 0 saturated carbocycles. The van der Waals surface area contributed by atoms with Gasteiger partial charge in [-0.3, -0.25) is 19.5 Å². The topological polar surface area (TPSA) is 130 Å². The number of aromatic nitrogens is 2. The first-order valence-electron chi connectivity index (χ1n) is 7.98. The summed E-state index contributed by atoms with van der Waals surface area (Å²) in [6, 6.07) is 12.2. The van der Waals surface area contributed by atoms with Crippen molar-refractivity contribution >= 4 is 22.7 Å². The Balaban J connectivity index is 1.71. The van der Waals surface area contributed by atoms with E-state index in [1.807, 2.05) is 0 Å². The van der Waals surface area contributed by atoms with Crippen molar-refractivity contribution in [1.82, 2.24) is 15.1 Å². The van der Waals surface area contributed by atoms with Crippen LogP contribution in [-0.4, -0.2) is 32.7 Å². The van der Waals surface area contributed by atoms with Crippen LogP contribution in [0.25, 0.3) is 10.9 Å². The Morgan fingerprint density at radius 2 is 1.85 bits per heavy atom. The van der Waals surface area contributed by atoms with E-state index in [2.05, 4.69) is 10.4 Å². The van der Waals surface area contributed by atoms with Crippen LogP contribution < -0.4 is 16.6 Å². The van der Waals surface area contributed by atoms with Crippen molar-refractivity contribution in [3.05, 3.63) is 64.4 Å². The van der Waals surface area contributed by atoms with Gasteiger partial charge in [-0.15, -0.1) is 0 Å². The third kappa shape index (κ3) is 3.75. The van der Waals surface area contributed by atoms with Crippen LogP contribution in [0.4, 0.5) is 0 Å². The summed E-state index contributed by atoms with van der Waals surface area (Å²) in [6.07, 6.45) is 0.183. The highest BCUT2D eigenvalue weighted by molar-refractivity contribution is 5.87. The summed E-state index contributed by atoms with van der Waals surface area (Å²) in [5.41, 5.74) is 6.41. The number of rotatable bonds is 6. The second kappa shape index (κ2) is 7.14. The number of benzene rings is 2. The zero-order valence-electron chi connectivity index (χ0n) is 13.8. The highest BCUT2D eigenvalue weighted by atomic mass is 16.3. The lowest BCUT2D eigenvalue weighted by molar-refractivity contribution is -0.127. The van der Waals surface area contributed by atoms with Gasteiger partial charge in [0.05, 0.1) is 10.9 Å². The van der Waals surface area contributed by atoms with Crippen molar-refractivity contribution in [2.24, 2.45) is 5.73 Å². The highest BCUT2D eigenvalue weighted by Gasteiger charge is 2.19. The Bertz CT molecular complexity index is 1000. The average molecular weight is 354 g/mol. The van der Waals surface area contributed by atoms with Crippen molar-refractivity contribution in [1.29, 1.82) is 0 Å². The molecule has 0 saturated heterocycles. The maximum Gasteiger partial charge on any atom is 0.274 e. The summed E-state index contributed by atoms with van der Waals surface area (Å²) in [5.74, 6) is -1.09. The highest BCUT2D eigenvalue weighted by Crippen LogP contribution is 2.11. The molecule has 0 aliphatic heterocycles. The number of nitrogens with two attached hydrogens (primary N) is 1. The largest absolute Gasteiger partial charge is 0.508 e. The molecule has 3 aromatic rings. The van der Waals surface area contributed by atoms with Crippen LogP contribution in [0.3, 0.4) is 0 Å². The number of aromatic hydroxyl groups is 1. The van der Waals surface area contributed by atoms with Crippen LogP contribution in [-0.2, 0) is 22.6 Å². The fraction of sp³-hybridized carbons (Fsp3) is 0.167. The van der Waals surface area contributed by atoms with Crippen molar-refractivity contribution in [3.63, 3.8) is 0 Å². The van der Waals surface area contributed by atoms with Gasteiger partial charge in [0, 0.05) is 6.42 Å². The number of para-hydroxylation sites is 1. The monoisotopic (exact) mass is 354 g/mol. The number of phenolic OH excluding ortho intramolecular Hbond substituents is 1. The molecule has 2 aromatic carbocycles. The van der Waals surface area contributed by atoms with Gasteiger partial charge in [0.1, 0.15) is 18.3 Å². The van der Waals surface area contributed by atoms with Crippen LogP contribution in [0.2, 0.25) is 0 Å². The number of carbonyl (C=O) groups excluding carboxylic acids is 2. The average Bonchev–Trinajstić information content (AvgIpc) is 2.92. The third-order valence-corrected chi connectivity index (χ3v) is 4.01. The molecule has 26 heavy (non-hydrogen) atoms. The summed E-state index contributed by atoms with van der Waals surface area (Å²) in [5, 5.41) is 15.2. The Labute approximate surface area is 148 Å². The summed E-state index contributed by atoms with van der Waals surface area (Å²) in [7, 11) is 0. The van der Waals surface area contributed by atoms with Gasteiger partial charge in [-0.05, 0) is 29.8 Å². The molecule has 0 aliphatic carbocycles. The molecule has 3 rings (SSSR count). The van der Waals surface area contributed by atoms with Crippen molar-refractivity contribution in [3.8, 4) is 5.75 Å². The van der Waals surface area contributed by atoms with Crippen LogP contribution in [0.15, 0.2) is 53.3 Å². The molecule has 1 aromatic heterocycles. The fourth-order valence-electron chi connectivity index (χ4n) is 2.69. The lowest BCUT2D eigenvalue weighted by Crippen LogP contribution is -2.47. The van der Waals surface area contributed by atoms with E-state index in [1.54, 1.807) is 36.4 Å². The van der Waals surface area contributed by atoms with Gasteiger partial charge in [-0.2, -0.15) is 0 Å². The molecule has 0 unspecified atom stereocenters. The van der Waals surface area contributed by atoms with Crippen molar-refractivity contribution in [2.75, 3.05) is 0 Å². The minimum Gasteiger partial charge on any atom is -0.508 e. The lowest BCUT2D eigenvalue weighted by Gasteiger charge is -2.15. The number of hydrogen-bond acceptors (Lipinski definition) is 4. The van der Waals surface area contributed by atoms with E-state index in [0.29, 0.717) is 10.9 Å². The molecular weight excluding hydrogens is 336 g/mol. The van der Waals surface area contributed by atoms with E-state index >= 15 is 0 Å². The maximum atomic E-state index is 12.3. The number of primary amides is 1. The molecule has 134 valence electrons. The van der Waals surface area contributed by atoms with Crippen LogP contribution in [0.5, 0.6) is 5.75 Å². The Morgan fingerprint density at radius 3 is 2.50 bits per heavy atom. The first-order chi connectivity index (χ1) is 12.4. The molecule has 2 amide bonds. The van der Waals surface area contributed by atoms with E-state index in [9.17, 15) is 19.5 Å². The summed E-state index contributed by atoms with van der Waals surface area (Å²) in [6.45, 7) is -0.257. The molecule has 0 bridgehead atoms. The molecule has 5 N–H and O–H groups in total. The van der Waals surface area contributed by atoms with E-state index in [-0.39, 0.29) is 24.3 Å². The van der Waals surface area contributed by atoms with Gasteiger partial charge in [-0.1, -0.05) is 24.3 Å². The molecule has 0 fully saturated rings. The predicted octanol–water partition coefficient (Wildman–Crippen LogP) is 0.248. The number of nitrogens with zero attached hydrogens (tertiary/aromatic N) is 1. The van der Waals surface area contributed by atoms with Crippen LogP contribution >= 0.6 is 0 Å². The van der Waals surface area contributed by atoms with Gasteiger partial charge in [-0.25, -0.2) is 4.68 Å². The number of phenols is 1. The summed E-state index contributed by atoms with van der Waals surface area (Å²) < 4.78 is 1.18. The normalized spacial score (nSPS) is 12.0. The maximum absolute atomic E-state index is 12.3. The third-order valence-electron chi connectivity index (χ3n) is 4.01. The first kappa shape index (κ1) is 17.3. The number of amides is 2. The number of hydrogen-bond donors (Lipinski definition) is 4. The second-order valence-electron chi connectivity index (χ2n) is 5.94. The fourth-order valence-corrected chi connectivity index (χ4v) is 2.69. The molecule has 0 aliphatic rings. The number of H-pyrrole nitrogens is 1. The Morgan fingerprint density at radius 1 is 1.15 bits per heavy atom. The van der Waals surface area contributed by atoms with Gasteiger partial charge in [0.2, 0.25) is 11.8 Å².